The van der Waals surface area contributed by atoms with Gasteiger partial charge < -0.3 is 14.6 Å². The average molecular weight is 335 g/mol. The number of hydrogen-bond donors (Lipinski definition) is 1. The van der Waals surface area contributed by atoms with Crippen LogP contribution in [-0.4, -0.2) is 40.0 Å². The Bertz CT molecular complexity index is 711. The Kier molecular flexibility index (Phi) is 4.54. The summed E-state index contributed by atoms with van der Waals surface area (Å²) in [5.41, 5.74) is 0.991. The number of nitrogens with one attached hydrogen (secondary N) is 1. The molecule has 2 aromatic rings. The van der Waals surface area contributed by atoms with Gasteiger partial charge in [0, 0.05) is 29.7 Å². The Balaban J connectivity index is 1.57. The number of ether oxygens (including phenoxy) is 1. The zero-order chi connectivity index (χ0) is 15.5. The molecule has 5 nitrogen and oxygen atoms in total. The summed E-state index contributed by atoms with van der Waals surface area (Å²) < 4.78 is 6.58. The van der Waals surface area contributed by atoms with E-state index in [1.807, 2.05) is 24.0 Å². The summed E-state index contributed by atoms with van der Waals surface area (Å²) in [5.74, 6) is 0.881. The van der Waals surface area contributed by atoms with Gasteiger partial charge in [0.2, 0.25) is 5.91 Å². The molecule has 1 aliphatic heterocycles. The van der Waals surface area contributed by atoms with Crippen LogP contribution >= 0.6 is 23.6 Å². The number of aromatic amines is 1. The van der Waals surface area contributed by atoms with Crippen LogP contribution in [0.4, 0.5) is 0 Å². The van der Waals surface area contributed by atoms with Gasteiger partial charge in [-0.25, -0.2) is 0 Å². The van der Waals surface area contributed by atoms with Crippen LogP contribution in [0.25, 0.3) is 0 Å². The highest BCUT2D eigenvalue weighted by Gasteiger charge is 2.28. The Morgan fingerprint density at radius 3 is 3.18 bits per heavy atom. The summed E-state index contributed by atoms with van der Waals surface area (Å²) >= 11 is 6.59. The molecule has 0 saturated carbocycles. The van der Waals surface area contributed by atoms with Crippen molar-refractivity contribution in [2.24, 2.45) is 0 Å². The van der Waals surface area contributed by atoms with E-state index in [0.29, 0.717) is 13.0 Å². The lowest BCUT2D eigenvalue weighted by Gasteiger charge is -2.17. The van der Waals surface area contributed by atoms with Gasteiger partial charge in [0.15, 0.2) is 3.95 Å². The van der Waals surface area contributed by atoms with Crippen molar-refractivity contribution in [1.29, 1.82) is 0 Å². The summed E-state index contributed by atoms with van der Waals surface area (Å²) in [6.45, 7) is 3.31. The number of aryl methyl sites for hydroxylation is 1. The largest absolute Gasteiger partial charge is 0.487 e. The number of pyridine rings is 1. The van der Waals surface area contributed by atoms with E-state index in [1.54, 1.807) is 12.4 Å². The molecule has 2 aromatic heterocycles. The van der Waals surface area contributed by atoms with E-state index in [1.165, 1.54) is 11.3 Å². The SMILES string of the molecule is Cc1[nH]c(=S)sc1CC(=O)N1CC[C@H](Oc2cccnc2)C1. The van der Waals surface area contributed by atoms with Gasteiger partial charge in [-0.05, 0) is 31.3 Å². The first-order chi connectivity index (χ1) is 10.6. The number of amides is 1. The molecule has 7 heteroatoms. The van der Waals surface area contributed by atoms with E-state index >= 15 is 0 Å². The van der Waals surface area contributed by atoms with Crippen molar-refractivity contribution in [3.8, 4) is 5.75 Å². The van der Waals surface area contributed by atoms with E-state index in [-0.39, 0.29) is 12.0 Å². The minimum absolute atomic E-state index is 0.0404. The summed E-state index contributed by atoms with van der Waals surface area (Å²) in [6, 6.07) is 3.73. The molecule has 1 amide bonds. The van der Waals surface area contributed by atoms with Crippen LogP contribution in [0, 0.1) is 10.9 Å². The minimum Gasteiger partial charge on any atom is -0.487 e. The number of rotatable bonds is 4. The molecule has 1 saturated heterocycles. The summed E-state index contributed by atoms with van der Waals surface area (Å²) in [4.78, 5) is 22.4. The highest BCUT2D eigenvalue weighted by atomic mass is 32.1. The number of nitrogens with zero attached hydrogens (tertiary/aromatic N) is 2. The van der Waals surface area contributed by atoms with Crippen LogP contribution in [0.5, 0.6) is 5.75 Å². The van der Waals surface area contributed by atoms with Gasteiger partial charge in [0.05, 0.1) is 19.2 Å². The molecule has 1 atom stereocenters. The third-order valence-corrected chi connectivity index (χ3v) is 5.01. The van der Waals surface area contributed by atoms with Crippen molar-refractivity contribution in [2.45, 2.75) is 25.9 Å². The maximum absolute atomic E-state index is 12.4. The third kappa shape index (κ3) is 3.53. The quantitative estimate of drug-likeness (QED) is 0.873. The average Bonchev–Trinajstić information content (AvgIpc) is 3.07. The Morgan fingerprint density at radius 1 is 1.64 bits per heavy atom. The van der Waals surface area contributed by atoms with Crippen LogP contribution < -0.4 is 4.74 Å². The standard InChI is InChI=1S/C15H17N3O2S2/c1-10-13(22-15(21)17-10)7-14(19)18-6-4-12(9-18)20-11-3-2-5-16-8-11/h2-3,5,8,12H,4,6-7,9H2,1H3,(H,17,21)/t12-/m0/s1. The van der Waals surface area contributed by atoms with Gasteiger partial charge >= 0.3 is 0 Å². The molecule has 0 aliphatic carbocycles. The number of H-pyrrole nitrogens is 1. The lowest BCUT2D eigenvalue weighted by molar-refractivity contribution is -0.129. The molecule has 1 aliphatic rings. The van der Waals surface area contributed by atoms with E-state index in [9.17, 15) is 4.79 Å². The smallest absolute Gasteiger partial charge is 0.228 e. The molecule has 0 aromatic carbocycles. The number of hydrogen-bond acceptors (Lipinski definition) is 5. The van der Waals surface area contributed by atoms with Gasteiger partial charge in [-0.15, -0.1) is 11.3 Å². The van der Waals surface area contributed by atoms with Crippen LogP contribution in [0.1, 0.15) is 17.0 Å². The predicted octanol–water partition coefficient (Wildman–Crippen LogP) is 2.73. The van der Waals surface area contributed by atoms with Crippen LogP contribution in [-0.2, 0) is 11.2 Å². The van der Waals surface area contributed by atoms with Crippen LogP contribution in [0.15, 0.2) is 24.5 Å². The second kappa shape index (κ2) is 6.58. The van der Waals surface area contributed by atoms with Crippen LogP contribution in [0.2, 0.25) is 0 Å². The number of likely N-dealkylation sites (tertiary alicyclic amines) is 1. The van der Waals surface area contributed by atoms with Gasteiger partial charge in [-0.1, -0.05) is 0 Å². The third-order valence-electron chi connectivity index (χ3n) is 3.67. The van der Waals surface area contributed by atoms with E-state index < -0.39 is 0 Å². The van der Waals surface area contributed by atoms with Gasteiger partial charge in [-0.2, -0.15) is 0 Å². The fourth-order valence-corrected chi connectivity index (χ4v) is 3.80. The van der Waals surface area contributed by atoms with Gasteiger partial charge in [0.1, 0.15) is 11.9 Å². The fraction of sp³-hybridized carbons (Fsp3) is 0.400. The Hall–Kier alpha value is -1.73. The molecule has 3 heterocycles. The molecule has 0 bridgehead atoms. The highest BCUT2D eigenvalue weighted by Crippen LogP contribution is 2.20. The molecule has 116 valence electrons. The molecule has 1 fully saturated rings. The number of aromatic nitrogens is 2. The van der Waals surface area contributed by atoms with E-state index in [4.69, 9.17) is 17.0 Å². The predicted molar refractivity (Wildman–Crippen MR) is 87.8 cm³/mol. The molecular weight excluding hydrogens is 318 g/mol. The molecule has 0 radical (unpaired) electrons. The van der Waals surface area contributed by atoms with Crippen molar-refractivity contribution in [1.82, 2.24) is 14.9 Å². The molecule has 0 spiro atoms. The zero-order valence-corrected chi connectivity index (χ0v) is 13.9. The fourth-order valence-electron chi connectivity index (χ4n) is 2.51. The first kappa shape index (κ1) is 15.2. The maximum atomic E-state index is 12.4. The number of thiazole rings is 1. The number of carbonyl (C=O) groups is 1. The van der Waals surface area contributed by atoms with E-state index in [2.05, 4.69) is 9.97 Å². The lowest BCUT2D eigenvalue weighted by atomic mass is 10.3. The molecule has 3 rings (SSSR count). The van der Waals surface area contributed by atoms with Crippen molar-refractivity contribution < 1.29 is 9.53 Å². The first-order valence-corrected chi connectivity index (χ1v) is 8.37. The maximum Gasteiger partial charge on any atom is 0.228 e. The molecular formula is C15H17N3O2S2. The van der Waals surface area contributed by atoms with Gasteiger partial charge in [-0.3, -0.25) is 9.78 Å². The summed E-state index contributed by atoms with van der Waals surface area (Å²) in [6.07, 6.45) is 4.70. The monoisotopic (exact) mass is 335 g/mol. The Labute approximate surface area is 138 Å². The second-order valence-electron chi connectivity index (χ2n) is 5.30. The topological polar surface area (TPSA) is 58.2 Å². The Morgan fingerprint density at radius 2 is 2.50 bits per heavy atom. The van der Waals surface area contributed by atoms with Crippen molar-refractivity contribution in [2.75, 3.05) is 13.1 Å². The summed E-state index contributed by atoms with van der Waals surface area (Å²) in [7, 11) is 0. The zero-order valence-electron chi connectivity index (χ0n) is 12.2. The molecule has 0 unspecified atom stereocenters. The second-order valence-corrected chi connectivity index (χ2v) is 7.07. The minimum atomic E-state index is 0.0404. The van der Waals surface area contributed by atoms with Gasteiger partial charge in [0.25, 0.3) is 0 Å². The van der Waals surface area contributed by atoms with E-state index in [0.717, 1.165) is 33.2 Å². The summed E-state index contributed by atoms with van der Waals surface area (Å²) in [5, 5.41) is 0. The van der Waals surface area contributed by atoms with Crippen molar-refractivity contribution in [3.05, 3.63) is 39.1 Å². The normalized spacial score (nSPS) is 17.7. The molecule has 22 heavy (non-hydrogen) atoms. The van der Waals surface area contributed by atoms with Crippen molar-refractivity contribution >= 4 is 29.5 Å². The van der Waals surface area contributed by atoms with Crippen LogP contribution in [0.3, 0.4) is 0 Å². The first-order valence-electron chi connectivity index (χ1n) is 7.15. The highest BCUT2D eigenvalue weighted by molar-refractivity contribution is 7.73. The molecule has 1 N–H and O–H groups in total. The van der Waals surface area contributed by atoms with Crippen molar-refractivity contribution in [3.63, 3.8) is 0 Å². The number of carbonyl (C=O) groups excluding carboxylic acids is 1. The lowest BCUT2D eigenvalue weighted by Crippen LogP contribution is -2.32.